The van der Waals surface area contributed by atoms with Crippen LogP contribution >= 0.6 is 0 Å². The van der Waals surface area contributed by atoms with E-state index in [0.29, 0.717) is 53.6 Å². The first-order chi connectivity index (χ1) is 17.1. The maximum absolute atomic E-state index is 12.0. The number of fused-ring (bicyclic) bond motifs is 5. The minimum Gasteiger partial charge on any atom is -0.469 e. The second-order valence-corrected chi connectivity index (χ2v) is 24.8. The van der Waals surface area contributed by atoms with Crippen molar-refractivity contribution in [2.75, 3.05) is 7.11 Å². The summed E-state index contributed by atoms with van der Waals surface area (Å²) in [5.41, 5.74) is 0.578. The first kappa shape index (κ1) is 29.8. The lowest BCUT2D eigenvalue weighted by Crippen LogP contribution is -2.64. The molecule has 4 rings (SSSR count). The molecule has 4 fully saturated rings. The molecule has 0 spiro atoms. The van der Waals surface area contributed by atoms with Gasteiger partial charge in [-0.1, -0.05) is 33.6 Å². The highest BCUT2D eigenvalue weighted by molar-refractivity contribution is 6.70. The van der Waals surface area contributed by atoms with Crippen LogP contribution in [0.25, 0.3) is 0 Å². The van der Waals surface area contributed by atoms with Gasteiger partial charge in [-0.05, 0) is 131 Å². The van der Waals surface area contributed by atoms with Crippen LogP contribution in [0.3, 0.4) is 0 Å². The normalized spacial score (nSPS) is 42.9. The number of rotatable bonds is 8. The molecule has 4 aliphatic carbocycles. The van der Waals surface area contributed by atoms with Gasteiger partial charge in [0.25, 0.3) is 0 Å². The van der Waals surface area contributed by atoms with Gasteiger partial charge in [0, 0.05) is 12.5 Å². The molecule has 4 aliphatic rings. The Kier molecular flexibility index (Phi) is 8.59. The zero-order valence-corrected chi connectivity index (χ0v) is 27.8. The fraction of sp³-hybridized carbons (Fsp3) is 0.968. The van der Waals surface area contributed by atoms with Gasteiger partial charge in [-0.25, -0.2) is 0 Å². The van der Waals surface area contributed by atoms with E-state index in [9.17, 15) is 4.79 Å². The molecule has 6 heteroatoms. The number of methoxy groups -OCH3 is 1. The van der Waals surface area contributed by atoms with Crippen molar-refractivity contribution < 1.29 is 18.4 Å². The number of ether oxygens (including phenoxy) is 1. The number of carbonyl (C=O) groups is 1. The molecule has 0 unspecified atom stereocenters. The van der Waals surface area contributed by atoms with Gasteiger partial charge < -0.3 is 13.6 Å². The Bertz CT molecular complexity index is 819. The molecule has 0 aromatic heterocycles. The Labute approximate surface area is 230 Å². The molecule has 0 amide bonds. The average molecular weight is 551 g/mol. The third kappa shape index (κ3) is 5.83. The lowest BCUT2D eigenvalue weighted by atomic mass is 9.43. The van der Waals surface area contributed by atoms with Crippen molar-refractivity contribution in [3.05, 3.63) is 0 Å². The highest BCUT2D eigenvalue weighted by Crippen LogP contribution is 2.69. The predicted octanol–water partition coefficient (Wildman–Crippen LogP) is 8.28. The van der Waals surface area contributed by atoms with Gasteiger partial charge in [-0.2, -0.15) is 0 Å². The Morgan fingerprint density at radius 2 is 1.59 bits per heavy atom. The number of esters is 1. The van der Waals surface area contributed by atoms with Crippen LogP contribution in [0.5, 0.6) is 0 Å². The molecule has 0 N–H and O–H groups in total. The maximum atomic E-state index is 12.0. The quantitative estimate of drug-likeness (QED) is 0.225. The van der Waals surface area contributed by atoms with Gasteiger partial charge in [0.15, 0.2) is 16.6 Å². The summed E-state index contributed by atoms with van der Waals surface area (Å²) in [6.45, 7) is 22.0. The average Bonchev–Trinajstić information content (AvgIpc) is 3.14. The summed E-state index contributed by atoms with van der Waals surface area (Å²) in [7, 11) is -1.89. The topological polar surface area (TPSA) is 44.8 Å². The maximum Gasteiger partial charge on any atom is 0.305 e. The highest BCUT2D eigenvalue weighted by Gasteiger charge is 2.66. The van der Waals surface area contributed by atoms with Crippen LogP contribution in [0.1, 0.15) is 85.0 Å². The van der Waals surface area contributed by atoms with Crippen LogP contribution in [0.4, 0.5) is 0 Å². The number of hydrogen-bond acceptors (Lipinski definition) is 4. The summed E-state index contributed by atoms with van der Waals surface area (Å²) in [4.78, 5) is 12.0. The Morgan fingerprint density at radius 3 is 2.22 bits per heavy atom. The van der Waals surface area contributed by atoms with E-state index in [-0.39, 0.29) is 11.4 Å². The standard InChI is InChI=1S/C31H58O4Si2/c1-21(14-17-28(32)33-4)23-15-16-24-29-25(20-27(31(23,24)3)35-37(8,9)10)30(2)18-12-11-13-22(30)19-26(29)34-36(5,6)7/h21-27,29H,11-20H2,1-10H3/t21-,22-,23-,24+,25+,26-,27-,29+,30+,31-/m1/s1. The molecule has 4 nitrogen and oxygen atoms in total. The molecule has 0 heterocycles. The number of hydrogen-bond donors (Lipinski definition) is 0. The molecule has 214 valence electrons. The van der Waals surface area contributed by atoms with Crippen LogP contribution in [-0.4, -0.2) is 41.9 Å². The van der Waals surface area contributed by atoms with Crippen LogP contribution < -0.4 is 0 Å². The highest BCUT2D eigenvalue weighted by atomic mass is 28.4. The monoisotopic (exact) mass is 550 g/mol. The first-order valence-corrected chi connectivity index (χ1v) is 22.3. The second-order valence-electron chi connectivity index (χ2n) is 15.8. The third-order valence-electron chi connectivity index (χ3n) is 11.4. The second kappa shape index (κ2) is 10.7. The van der Waals surface area contributed by atoms with Gasteiger partial charge >= 0.3 is 5.97 Å². The SMILES string of the molecule is COC(=O)CC[C@@H](C)[C@H]1CC[C@H]2[C@@H]3[C@H](O[Si](C)(C)C)C[C@H]4CCCC[C@]4(C)[C@H]3C[C@@H](O[Si](C)(C)C)[C@]12C. The fourth-order valence-electron chi connectivity index (χ4n) is 9.96. The third-order valence-corrected chi connectivity index (χ3v) is 13.4. The largest absolute Gasteiger partial charge is 0.469 e. The summed E-state index contributed by atoms with van der Waals surface area (Å²) < 4.78 is 19.4. The van der Waals surface area contributed by atoms with Crippen molar-refractivity contribution in [1.29, 1.82) is 0 Å². The first-order valence-electron chi connectivity index (χ1n) is 15.5. The molecule has 4 saturated carbocycles. The van der Waals surface area contributed by atoms with Crippen LogP contribution in [-0.2, 0) is 18.4 Å². The van der Waals surface area contributed by atoms with Crippen molar-refractivity contribution in [1.82, 2.24) is 0 Å². The van der Waals surface area contributed by atoms with Gasteiger partial charge in [0.2, 0.25) is 0 Å². The van der Waals surface area contributed by atoms with E-state index in [1.54, 1.807) is 0 Å². The predicted molar refractivity (Wildman–Crippen MR) is 157 cm³/mol. The molecule has 0 aromatic rings. The summed E-state index contributed by atoms with van der Waals surface area (Å²) in [5.74, 6) is 3.82. The van der Waals surface area contributed by atoms with Crippen molar-refractivity contribution in [3.8, 4) is 0 Å². The van der Waals surface area contributed by atoms with Crippen LogP contribution in [0, 0.1) is 46.3 Å². The van der Waals surface area contributed by atoms with E-state index < -0.39 is 16.6 Å². The van der Waals surface area contributed by atoms with Gasteiger partial charge in [-0.15, -0.1) is 0 Å². The molecular weight excluding hydrogens is 493 g/mol. The Morgan fingerprint density at radius 1 is 0.919 bits per heavy atom. The lowest BCUT2D eigenvalue weighted by molar-refractivity contribution is -0.193. The fourth-order valence-corrected chi connectivity index (χ4v) is 12.3. The van der Waals surface area contributed by atoms with Crippen molar-refractivity contribution in [2.24, 2.45) is 46.3 Å². The molecule has 0 bridgehead atoms. The molecule has 10 atom stereocenters. The molecule has 0 aliphatic heterocycles. The lowest BCUT2D eigenvalue weighted by Gasteiger charge is -2.65. The molecule has 37 heavy (non-hydrogen) atoms. The minimum absolute atomic E-state index is 0.0719. The molecule has 0 aromatic carbocycles. The Balaban J connectivity index is 1.74. The Hall–Kier alpha value is -0.176. The molecule has 0 radical (unpaired) electrons. The summed E-state index contributed by atoms with van der Waals surface area (Å²) in [6.07, 6.45) is 12.8. The molecule has 0 saturated heterocycles. The van der Waals surface area contributed by atoms with Crippen molar-refractivity contribution >= 4 is 22.6 Å². The van der Waals surface area contributed by atoms with Gasteiger partial charge in [-0.3, -0.25) is 4.79 Å². The van der Waals surface area contributed by atoms with Crippen LogP contribution in [0.2, 0.25) is 39.3 Å². The summed E-state index contributed by atoms with van der Waals surface area (Å²) >= 11 is 0. The minimum atomic E-state index is -1.74. The van der Waals surface area contributed by atoms with E-state index in [4.69, 9.17) is 13.6 Å². The van der Waals surface area contributed by atoms with Crippen molar-refractivity contribution in [2.45, 2.75) is 136 Å². The number of carbonyl (C=O) groups excluding carboxylic acids is 1. The van der Waals surface area contributed by atoms with Crippen molar-refractivity contribution in [3.63, 3.8) is 0 Å². The van der Waals surface area contributed by atoms with E-state index in [1.165, 1.54) is 58.5 Å². The van der Waals surface area contributed by atoms with E-state index in [0.717, 1.165) is 12.3 Å². The zero-order valence-electron chi connectivity index (χ0n) is 25.8. The van der Waals surface area contributed by atoms with Gasteiger partial charge in [0.05, 0.1) is 13.2 Å². The summed E-state index contributed by atoms with van der Waals surface area (Å²) in [5, 5.41) is 0. The summed E-state index contributed by atoms with van der Waals surface area (Å²) in [6, 6.07) is 0. The zero-order chi connectivity index (χ0) is 27.4. The van der Waals surface area contributed by atoms with Gasteiger partial charge in [0.1, 0.15) is 0 Å². The van der Waals surface area contributed by atoms with E-state index >= 15 is 0 Å². The van der Waals surface area contributed by atoms with E-state index in [1.807, 2.05) is 0 Å². The smallest absolute Gasteiger partial charge is 0.305 e. The van der Waals surface area contributed by atoms with Crippen LogP contribution in [0.15, 0.2) is 0 Å². The molecular formula is C31H58O4Si2. The van der Waals surface area contributed by atoms with E-state index in [2.05, 4.69) is 60.1 Å².